The number of carbonyl (C=O) groups excluding carboxylic acids is 2. The second-order valence-corrected chi connectivity index (χ2v) is 7.79. The molecule has 0 radical (unpaired) electrons. The molecule has 0 bridgehead atoms. The van der Waals surface area contributed by atoms with Crippen LogP contribution in [-0.2, 0) is 4.74 Å². The first-order chi connectivity index (χ1) is 12.5. The lowest BCUT2D eigenvalue weighted by atomic mass is 10.1. The van der Waals surface area contributed by atoms with Crippen LogP contribution in [0.1, 0.15) is 45.1 Å². The Morgan fingerprint density at radius 1 is 1.15 bits per heavy atom. The molecular formula is C19H25FN4O3. The predicted molar refractivity (Wildman–Crippen MR) is 99.3 cm³/mol. The highest BCUT2D eigenvalue weighted by atomic mass is 19.1. The van der Waals surface area contributed by atoms with E-state index in [1.165, 1.54) is 23.0 Å². The van der Waals surface area contributed by atoms with Gasteiger partial charge in [-0.1, -0.05) is 12.1 Å². The van der Waals surface area contributed by atoms with Crippen LogP contribution in [0.3, 0.4) is 0 Å². The van der Waals surface area contributed by atoms with Crippen molar-refractivity contribution < 1.29 is 18.7 Å². The van der Waals surface area contributed by atoms with Crippen molar-refractivity contribution in [1.29, 1.82) is 0 Å². The van der Waals surface area contributed by atoms with Crippen LogP contribution in [0.2, 0.25) is 0 Å². The van der Waals surface area contributed by atoms with E-state index in [2.05, 4.69) is 15.7 Å². The summed E-state index contributed by atoms with van der Waals surface area (Å²) in [6.07, 6.45) is 0.952. The number of amides is 2. The number of alkyl carbamates (subject to hydrolysis) is 1. The average molecular weight is 376 g/mol. The van der Waals surface area contributed by atoms with Crippen molar-refractivity contribution >= 4 is 12.0 Å². The third-order valence-corrected chi connectivity index (χ3v) is 3.45. The van der Waals surface area contributed by atoms with Gasteiger partial charge in [0.15, 0.2) is 5.69 Å². The SMILES string of the molecule is CC(C)(CNC(=O)OC(C)(C)C)NC(=O)c1ccn(-c2ccccc2F)n1. The van der Waals surface area contributed by atoms with Gasteiger partial charge >= 0.3 is 6.09 Å². The van der Waals surface area contributed by atoms with E-state index in [1.807, 2.05) is 0 Å². The maximum atomic E-state index is 13.8. The topological polar surface area (TPSA) is 85.3 Å². The highest BCUT2D eigenvalue weighted by Gasteiger charge is 2.25. The molecule has 0 atom stereocenters. The molecule has 2 N–H and O–H groups in total. The number of ether oxygens (including phenoxy) is 1. The Kier molecular flexibility index (Phi) is 5.88. The van der Waals surface area contributed by atoms with Gasteiger partial charge in [-0.15, -0.1) is 0 Å². The van der Waals surface area contributed by atoms with E-state index in [0.29, 0.717) is 0 Å². The number of hydrogen-bond acceptors (Lipinski definition) is 4. The number of rotatable bonds is 5. The molecule has 0 spiro atoms. The third-order valence-electron chi connectivity index (χ3n) is 3.45. The van der Waals surface area contributed by atoms with Crippen molar-refractivity contribution in [1.82, 2.24) is 20.4 Å². The molecule has 2 aromatic rings. The zero-order valence-corrected chi connectivity index (χ0v) is 16.2. The monoisotopic (exact) mass is 376 g/mol. The fraction of sp³-hybridized carbons (Fsp3) is 0.421. The summed E-state index contributed by atoms with van der Waals surface area (Å²) < 4.78 is 20.3. The standard InChI is InChI=1S/C19H25FN4O3/c1-18(2,3)27-17(26)21-12-19(4,5)22-16(25)14-10-11-24(23-14)15-9-7-6-8-13(15)20/h6-11H,12H2,1-5H3,(H,21,26)(H,22,25). The molecule has 1 aromatic carbocycles. The number of para-hydroxylation sites is 1. The van der Waals surface area contributed by atoms with Crippen LogP contribution in [0.4, 0.5) is 9.18 Å². The van der Waals surface area contributed by atoms with Gasteiger partial charge in [0.05, 0.1) is 5.54 Å². The largest absolute Gasteiger partial charge is 0.444 e. The van der Waals surface area contributed by atoms with E-state index in [9.17, 15) is 14.0 Å². The fourth-order valence-corrected chi connectivity index (χ4v) is 2.24. The first-order valence-corrected chi connectivity index (χ1v) is 8.57. The van der Waals surface area contributed by atoms with E-state index in [0.717, 1.165) is 0 Å². The third kappa shape index (κ3) is 6.09. The molecule has 146 valence electrons. The average Bonchev–Trinajstić information content (AvgIpc) is 3.01. The molecule has 0 aliphatic carbocycles. The Bertz CT molecular complexity index is 824. The number of halogens is 1. The van der Waals surface area contributed by atoms with Gasteiger partial charge in [-0.05, 0) is 52.8 Å². The van der Waals surface area contributed by atoms with Crippen LogP contribution in [-0.4, -0.2) is 39.5 Å². The van der Waals surface area contributed by atoms with Gasteiger partial charge in [0.2, 0.25) is 0 Å². The minimum absolute atomic E-state index is 0.142. The van der Waals surface area contributed by atoms with E-state index in [-0.39, 0.29) is 17.9 Å². The van der Waals surface area contributed by atoms with Crippen molar-refractivity contribution in [3.8, 4) is 5.69 Å². The summed E-state index contributed by atoms with van der Waals surface area (Å²) in [5.74, 6) is -0.865. The van der Waals surface area contributed by atoms with E-state index < -0.39 is 29.0 Å². The smallest absolute Gasteiger partial charge is 0.407 e. The molecule has 1 heterocycles. The molecule has 0 saturated carbocycles. The summed E-state index contributed by atoms with van der Waals surface area (Å²) >= 11 is 0. The second-order valence-electron chi connectivity index (χ2n) is 7.79. The van der Waals surface area contributed by atoms with Gasteiger partial charge in [0.1, 0.15) is 17.1 Å². The van der Waals surface area contributed by atoms with Crippen LogP contribution in [0.5, 0.6) is 0 Å². The molecule has 0 aliphatic heterocycles. The van der Waals surface area contributed by atoms with E-state index >= 15 is 0 Å². The number of nitrogens with one attached hydrogen (secondary N) is 2. The van der Waals surface area contributed by atoms with Crippen LogP contribution in [0.15, 0.2) is 36.5 Å². The van der Waals surface area contributed by atoms with Crippen molar-refractivity contribution in [2.75, 3.05) is 6.54 Å². The number of hydrogen-bond donors (Lipinski definition) is 2. The van der Waals surface area contributed by atoms with Crippen molar-refractivity contribution in [2.45, 2.75) is 45.8 Å². The molecule has 1 aromatic heterocycles. The Labute approximate surface area is 157 Å². The molecule has 27 heavy (non-hydrogen) atoms. The van der Waals surface area contributed by atoms with Gasteiger partial charge in [-0.2, -0.15) is 5.10 Å². The first kappa shape index (κ1) is 20.4. The molecule has 8 heteroatoms. The maximum Gasteiger partial charge on any atom is 0.407 e. The van der Waals surface area contributed by atoms with E-state index in [1.54, 1.807) is 52.8 Å². The molecule has 0 aliphatic rings. The normalized spacial score (nSPS) is 11.8. The Morgan fingerprint density at radius 3 is 2.44 bits per heavy atom. The minimum Gasteiger partial charge on any atom is -0.444 e. The molecule has 2 rings (SSSR count). The minimum atomic E-state index is -0.740. The van der Waals surface area contributed by atoms with E-state index in [4.69, 9.17) is 4.74 Å². The highest BCUT2D eigenvalue weighted by molar-refractivity contribution is 5.92. The zero-order valence-electron chi connectivity index (χ0n) is 16.2. The summed E-state index contributed by atoms with van der Waals surface area (Å²) in [4.78, 5) is 24.2. The lowest BCUT2D eigenvalue weighted by Crippen LogP contribution is -2.52. The lowest BCUT2D eigenvalue weighted by molar-refractivity contribution is 0.0509. The highest BCUT2D eigenvalue weighted by Crippen LogP contribution is 2.13. The molecule has 0 saturated heterocycles. The summed E-state index contributed by atoms with van der Waals surface area (Å²) in [6.45, 7) is 9.00. The van der Waals surface area contributed by atoms with Gasteiger partial charge in [0, 0.05) is 12.7 Å². The summed E-state index contributed by atoms with van der Waals surface area (Å²) in [6, 6.07) is 7.65. The Hall–Kier alpha value is -2.90. The van der Waals surface area contributed by atoms with Gasteiger partial charge < -0.3 is 15.4 Å². The fourth-order valence-electron chi connectivity index (χ4n) is 2.24. The van der Waals surface area contributed by atoms with Gasteiger partial charge in [-0.3, -0.25) is 4.79 Å². The van der Waals surface area contributed by atoms with Crippen LogP contribution < -0.4 is 10.6 Å². The van der Waals surface area contributed by atoms with Crippen molar-refractivity contribution in [3.05, 3.63) is 48.0 Å². The van der Waals surface area contributed by atoms with Crippen LogP contribution >= 0.6 is 0 Å². The number of aromatic nitrogens is 2. The quantitative estimate of drug-likeness (QED) is 0.840. The molecule has 0 fully saturated rings. The predicted octanol–water partition coefficient (Wildman–Crippen LogP) is 3.04. The summed E-state index contributed by atoms with van der Waals surface area (Å²) in [5.41, 5.74) is -0.946. The first-order valence-electron chi connectivity index (χ1n) is 8.57. The number of benzene rings is 1. The number of carbonyl (C=O) groups is 2. The van der Waals surface area contributed by atoms with Crippen molar-refractivity contribution in [3.63, 3.8) is 0 Å². The maximum absolute atomic E-state index is 13.8. The van der Waals surface area contributed by atoms with Gasteiger partial charge in [0.25, 0.3) is 5.91 Å². The summed E-state index contributed by atoms with van der Waals surface area (Å²) in [7, 11) is 0. The second kappa shape index (κ2) is 7.77. The Morgan fingerprint density at radius 2 is 1.81 bits per heavy atom. The number of nitrogens with zero attached hydrogens (tertiary/aromatic N) is 2. The zero-order chi connectivity index (χ0) is 20.2. The van der Waals surface area contributed by atoms with Crippen molar-refractivity contribution in [2.24, 2.45) is 0 Å². The molecule has 0 unspecified atom stereocenters. The van der Waals surface area contributed by atoms with Crippen LogP contribution in [0, 0.1) is 5.82 Å². The van der Waals surface area contributed by atoms with Gasteiger partial charge in [-0.25, -0.2) is 13.9 Å². The Balaban J connectivity index is 1.98. The summed E-state index contributed by atoms with van der Waals surface area (Å²) in [5, 5.41) is 9.54. The molecule has 2 amide bonds. The lowest BCUT2D eigenvalue weighted by Gasteiger charge is -2.27. The molecule has 7 nitrogen and oxygen atoms in total. The molecular weight excluding hydrogens is 351 g/mol. The van der Waals surface area contributed by atoms with Crippen LogP contribution in [0.25, 0.3) is 5.69 Å².